The number of carbonyl (C=O) groups excluding carboxylic acids is 2. The Morgan fingerprint density at radius 1 is 1.23 bits per heavy atom. The summed E-state index contributed by atoms with van der Waals surface area (Å²) in [7, 11) is 1.30. The number of hydrogen-bond donors (Lipinski definition) is 2. The van der Waals surface area contributed by atoms with E-state index in [0.717, 1.165) is 5.56 Å². The van der Waals surface area contributed by atoms with Crippen molar-refractivity contribution in [1.29, 1.82) is 5.26 Å². The summed E-state index contributed by atoms with van der Waals surface area (Å²) in [5.74, 6) is -0.898. The molecule has 0 saturated heterocycles. The summed E-state index contributed by atoms with van der Waals surface area (Å²) in [6, 6.07) is 14.8. The van der Waals surface area contributed by atoms with Gasteiger partial charge in [0.1, 0.15) is 5.75 Å². The molecule has 0 radical (unpaired) electrons. The van der Waals surface area contributed by atoms with Gasteiger partial charge in [-0.3, -0.25) is 4.79 Å². The monoisotopic (exact) mass is 511 g/mol. The van der Waals surface area contributed by atoms with E-state index in [9.17, 15) is 14.9 Å². The quantitative estimate of drug-likeness (QED) is 0.464. The summed E-state index contributed by atoms with van der Waals surface area (Å²) in [4.78, 5) is 25.4. The maximum absolute atomic E-state index is 12.7. The number of rotatable bonds is 8. The number of esters is 1. The minimum absolute atomic E-state index is 0.0413. The highest BCUT2D eigenvalue weighted by atomic mass is 35.5. The summed E-state index contributed by atoms with van der Waals surface area (Å²) in [5, 5.41) is 17.1. The Labute approximate surface area is 214 Å². The second kappa shape index (κ2) is 11.8. The van der Waals surface area contributed by atoms with Gasteiger partial charge in [0.15, 0.2) is 0 Å². The predicted octanol–water partition coefficient (Wildman–Crippen LogP) is 5.29. The van der Waals surface area contributed by atoms with E-state index in [1.54, 1.807) is 25.1 Å². The summed E-state index contributed by atoms with van der Waals surface area (Å²) in [5.41, 5.74) is 3.34. The number of hydrogen-bond acceptors (Lipinski definition) is 7. The van der Waals surface area contributed by atoms with Crippen LogP contribution in [0.15, 0.2) is 64.3 Å². The van der Waals surface area contributed by atoms with E-state index in [2.05, 4.69) is 16.7 Å². The number of anilines is 1. The number of methoxy groups -OCH3 is 1. The van der Waals surface area contributed by atoms with E-state index in [1.807, 2.05) is 38.1 Å². The molecule has 0 bridgehead atoms. The molecule has 182 valence electrons. The van der Waals surface area contributed by atoms with Crippen molar-refractivity contribution in [3.63, 3.8) is 0 Å². The number of halogens is 1. The van der Waals surface area contributed by atoms with Gasteiger partial charge in [0.25, 0.3) is 0 Å². The number of carbonyl (C=O) groups is 2. The van der Waals surface area contributed by atoms with Crippen LogP contribution in [-0.2, 0) is 14.3 Å². The smallest absolute Gasteiger partial charge is 0.336 e. The van der Waals surface area contributed by atoms with Crippen molar-refractivity contribution < 1.29 is 19.1 Å². The maximum Gasteiger partial charge on any atom is 0.336 e. The number of nitrogens with zero attached hydrogens (tertiary/aromatic N) is 1. The van der Waals surface area contributed by atoms with Crippen molar-refractivity contribution in [2.24, 2.45) is 0 Å². The van der Waals surface area contributed by atoms with Gasteiger partial charge >= 0.3 is 5.97 Å². The molecule has 0 aromatic heterocycles. The zero-order chi connectivity index (χ0) is 25.5. The van der Waals surface area contributed by atoms with E-state index in [4.69, 9.17) is 21.1 Å². The molecule has 1 aliphatic heterocycles. The van der Waals surface area contributed by atoms with Crippen LogP contribution < -0.4 is 15.4 Å². The average molecular weight is 512 g/mol. The molecule has 3 rings (SSSR count). The van der Waals surface area contributed by atoms with Gasteiger partial charge in [-0.15, -0.1) is 0 Å². The number of thioether (sulfide) groups is 1. The third-order valence-corrected chi connectivity index (χ3v) is 6.81. The van der Waals surface area contributed by atoms with Crippen LogP contribution in [0.25, 0.3) is 0 Å². The number of ether oxygens (including phenoxy) is 2. The Morgan fingerprint density at radius 2 is 1.97 bits per heavy atom. The molecule has 0 fully saturated rings. The summed E-state index contributed by atoms with van der Waals surface area (Å²) in [6.07, 6.45) is 0. The first-order chi connectivity index (χ1) is 16.8. The topological polar surface area (TPSA) is 100 Å². The third kappa shape index (κ3) is 5.99. The number of allylic oxidation sites excluding steroid dienone is 2. The maximum atomic E-state index is 12.7. The molecule has 9 heteroatoms. The molecule has 1 amide bonds. The lowest BCUT2D eigenvalue weighted by Gasteiger charge is -2.30. The number of aryl methyl sites for hydroxylation is 1. The highest BCUT2D eigenvalue weighted by Gasteiger charge is 2.37. The van der Waals surface area contributed by atoms with Gasteiger partial charge in [0.2, 0.25) is 5.91 Å². The molecule has 0 aliphatic carbocycles. The summed E-state index contributed by atoms with van der Waals surface area (Å²) in [6.45, 7) is 5.91. The standard InChI is InChI=1S/C26H26ClN3O4S/c1-5-34-21-9-7-6-8-18(21)24-19(13-28)25(29-16(3)23(24)26(32)33-4)35-14-22(31)30-17-11-10-15(2)20(27)12-17/h6-12,24,29H,5,14H2,1-4H3,(H,30,31)/t24-/m1/s1. The minimum atomic E-state index is -0.710. The van der Waals surface area contributed by atoms with Crippen molar-refractivity contribution in [3.05, 3.63) is 80.5 Å². The van der Waals surface area contributed by atoms with E-state index >= 15 is 0 Å². The van der Waals surface area contributed by atoms with Crippen molar-refractivity contribution in [2.75, 3.05) is 24.8 Å². The number of dihydropyridines is 1. The Hall–Kier alpha value is -3.41. The van der Waals surface area contributed by atoms with Crippen LogP contribution in [0.5, 0.6) is 5.75 Å². The molecular weight excluding hydrogens is 486 g/mol. The number of amides is 1. The highest BCUT2D eigenvalue weighted by Crippen LogP contribution is 2.44. The Bertz CT molecular complexity index is 1250. The van der Waals surface area contributed by atoms with Crippen molar-refractivity contribution >= 4 is 40.9 Å². The predicted molar refractivity (Wildman–Crippen MR) is 138 cm³/mol. The lowest BCUT2D eigenvalue weighted by atomic mass is 9.82. The summed E-state index contributed by atoms with van der Waals surface area (Å²) < 4.78 is 10.8. The molecule has 2 aromatic rings. The first-order valence-corrected chi connectivity index (χ1v) is 12.3. The van der Waals surface area contributed by atoms with Crippen molar-refractivity contribution in [2.45, 2.75) is 26.7 Å². The number of benzene rings is 2. The van der Waals surface area contributed by atoms with Crippen LogP contribution in [0.1, 0.15) is 30.9 Å². The van der Waals surface area contributed by atoms with Crippen LogP contribution in [-0.4, -0.2) is 31.3 Å². The first-order valence-electron chi connectivity index (χ1n) is 10.9. The zero-order valence-corrected chi connectivity index (χ0v) is 21.5. The largest absolute Gasteiger partial charge is 0.494 e. The van der Waals surface area contributed by atoms with Gasteiger partial charge < -0.3 is 20.1 Å². The van der Waals surface area contributed by atoms with Crippen LogP contribution >= 0.6 is 23.4 Å². The Morgan fingerprint density at radius 3 is 2.63 bits per heavy atom. The zero-order valence-electron chi connectivity index (χ0n) is 19.9. The minimum Gasteiger partial charge on any atom is -0.494 e. The molecular formula is C26H26ClN3O4S. The number of nitriles is 1. The average Bonchev–Trinajstić information content (AvgIpc) is 2.84. The SMILES string of the molecule is CCOc1ccccc1[C@@H]1C(C#N)=C(SCC(=O)Nc2ccc(C)c(Cl)c2)NC(C)=C1C(=O)OC. The number of para-hydroxylation sites is 1. The fourth-order valence-corrected chi connectivity index (χ4v) is 4.80. The van der Waals surface area contributed by atoms with E-state index in [0.29, 0.717) is 50.5 Å². The Kier molecular flexibility index (Phi) is 8.85. The third-order valence-electron chi connectivity index (χ3n) is 5.39. The fourth-order valence-electron chi connectivity index (χ4n) is 3.73. The first kappa shape index (κ1) is 26.2. The molecule has 7 nitrogen and oxygen atoms in total. The normalized spacial score (nSPS) is 15.3. The second-order valence-corrected chi connectivity index (χ2v) is 9.11. The van der Waals surface area contributed by atoms with Gasteiger partial charge in [-0.2, -0.15) is 5.26 Å². The molecule has 0 saturated carbocycles. The van der Waals surface area contributed by atoms with Crippen molar-refractivity contribution in [1.82, 2.24) is 5.32 Å². The number of nitrogens with one attached hydrogen (secondary N) is 2. The molecule has 1 heterocycles. The molecule has 2 N–H and O–H groups in total. The van der Waals surface area contributed by atoms with E-state index < -0.39 is 11.9 Å². The highest BCUT2D eigenvalue weighted by molar-refractivity contribution is 8.03. The second-order valence-electron chi connectivity index (χ2n) is 7.71. The van der Waals surface area contributed by atoms with E-state index in [-0.39, 0.29) is 11.7 Å². The van der Waals surface area contributed by atoms with Crippen LogP contribution in [0.2, 0.25) is 5.02 Å². The van der Waals surface area contributed by atoms with Gasteiger partial charge in [0, 0.05) is 22.0 Å². The molecule has 35 heavy (non-hydrogen) atoms. The van der Waals surface area contributed by atoms with Gasteiger partial charge in [-0.05, 0) is 44.5 Å². The van der Waals surface area contributed by atoms with Crippen LogP contribution in [0, 0.1) is 18.3 Å². The van der Waals surface area contributed by atoms with Gasteiger partial charge in [0.05, 0.1) is 47.6 Å². The van der Waals surface area contributed by atoms with Crippen LogP contribution in [0.3, 0.4) is 0 Å². The van der Waals surface area contributed by atoms with E-state index in [1.165, 1.54) is 18.9 Å². The molecule has 1 aliphatic rings. The van der Waals surface area contributed by atoms with Crippen molar-refractivity contribution in [3.8, 4) is 11.8 Å². The summed E-state index contributed by atoms with van der Waals surface area (Å²) >= 11 is 7.33. The fraction of sp³-hybridized carbons (Fsp3) is 0.269. The molecule has 2 aromatic carbocycles. The molecule has 1 atom stereocenters. The van der Waals surface area contributed by atoms with Crippen LogP contribution in [0.4, 0.5) is 5.69 Å². The lowest BCUT2D eigenvalue weighted by molar-refractivity contribution is -0.136. The molecule has 0 spiro atoms. The lowest BCUT2D eigenvalue weighted by Crippen LogP contribution is -2.29. The van der Waals surface area contributed by atoms with Gasteiger partial charge in [-0.25, -0.2) is 4.79 Å². The van der Waals surface area contributed by atoms with Gasteiger partial charge in [-0.1, -0.05) is 47.6 Å². The molecule has 0 unspecified atom stereocenters. The Balaban J connectivity index is 1.93.